The summed E-state index contributed by atoms with van der Waals surface area (Å²) in [5.41, 5.74) is -1.21. The van der Waals surface area contributed by atoms with E-state index < -0.39 is 21.8 Å². The molecule has 0 atom stereocenters. The molecular formula is C13H17BrF3NO2S. The van der Waals surface area contributed by atoms with E-state index in [1.54, 1.807) is 0 Å². The Balaban J connectivity index is 2.89. The third kappa shape index (κ3) is 5.27. The van der Waals surface area contributed by atoms with Crippen molar-refractivity contribution in [3.05, 3.63) is 29.3 Å². The van der Waals surface area contributed by atoms with Gasteiger partial charge >= 0.3 is 6.18 Å². The van der Waals surface area contributed by atoms with Gasteiger partial charge in [-0.15, -0.1) is 0 Å². The molecule has 0 radical (unpaired) electrons. The average Bonchev–Trinajstić information content (AvgIpc) is 2.37. The predicted octanol–water partition coefficient (Wildman–Crippen LogP) is 3.86. The van der Waals surface area contributed by atoms with Crippen molar-refractivity contribution in [2.75, 3.05) is 11.9 Å². The summed E-state index contributed by atoms with van der Waals surface area (Å²) in [6.45, 7) is 1.38. The summed E-state index contributed by atoms with van der Waals surface area (Å²) in [6, 6.07) is 3.17. The van der Waals surface area contributed by atoms with E-state index in [4.69, 9.17) is 0 Å². The van der Waals surface area contributed by atoms with Crippen molar-refractivity contribution >= 4 is 26.0 Å². The van der Waals surface area contributed by atoms with E-state index in [1.807, 2.05) is 0 Å². The van der Waals surface area contributed by atoms with Crippen LogP contribution in [0.15, 0.2) is 23.1 Å². The van der Waals surface area contributed by atoms with Gasteiger partial charge in [0.05, 0.1) is 10.5 Å². The highest BCUT2D eigenvalue weighted by molar-refractivity contribution is 9.09. The molecule has 21 heavy (non-hydrogen) atoms. The first-order valence-electron chi connectivity index (χ1n) is 6.42. The van der Waals surface area contributed by atoms with Gasteiger partial charge in [0.2, 0.25) is 10.0 Å². The molecule has 0 aliphatic heterocycles. The Bertz CT molecular complexity index is 573. The normalized spacial score (nSPS) is 12.6. The molecule has 1 aromatic carbocycles. The minimum atomic E-state index is -4.56. The van der Waals surface area contributed by atoms with E-state index in [1.165, 1.54) is 13.0 Å². The topological polar surface area (TPSA) is 46.2 Å². The van der Waals surface area contributed by atoms with Gasteiger partial charge in [0.15, 0.2) is 0 Å². The van der Waals surface area contributed by atoms with Crippen LogP contribution in [0.3, 0.4) is 0 Å². The highest BCUT2D eigenvalue weighted by Crippen LogP contribution is 2.34. The van der Waals surface area contributed by atoms with Gasteiger partial charge in [0.25, 0.3) is 0 Å². The Labute approximate surface area is 131 Å². The first kappa shape index (κ1) is 18.4. The molecule has 0 spiro atoms. The maximum Gasteiger partial charge on any atom is 0.416 e. The lowest BCUT2D eigenvalue weighted by molar-refractivity contribution is -0.138. The molecule has 1 rings (SSSR count). The quantitative estimate of drug-likeness (QED) is 0.570. The molecule has 3 nitrogen and oxygen atoms in total. The fourth-order valence-electron chi connectivity index (χ4n) is 1.89. The van der Waals surface area contributed by atoms with Gasteiger partial charge in [0.1, 0.15) is 0 Å². The van der Waals surface area contributed by atoms with Crippen molar-refractivity contribution in [3.63, 3.8) is 0 Å². The van der Waals surface area contributed by atoms with Crippen LogP contribution in [0.1, 0.15) is 30.4 Å². The summed E-state index contributed by atoms with van der Waals surface area (Å²) < 4.78 is 64.9. The smallest absolute Gasteiger partial charge is 0.211 e. The lowest BCUT2D eigenvalue weighted by Gasteiger charge is -2.14. The SMILES string of the molecule is Cc1c(C(F)(F)F)cccc1S(=O)(=O)NCCCCCBr. The van der Waals surface area contributed by atoms with Gasteiger partial charge in [-0.2, -0.15) is 13.2 Å². The number of halogens is 4. The van der Waals surface area contributed by atoms with Gasteiger partial charge in [0, 0.05) is 11.9 Å². The maximum atomic E-state index is 12.8. The first-order valence-corrected chi connectivity index (χ1v) is 9.03. The lowest BCUT2D eigenvalue weighted by atomic mass is 10.1. The Morgan fingerprint density at radius 1 is 1.19 bits per heavy atom. The number of unbranched alkanes of at least 4 members (excludes halogenated alkanes) is 2. The van der Waals surface area contributed by atoms with Crippen molar-refractivity contribution in [3.8, 4) is 0 Å². The minimum absolute atomic E-state index is 0.213. The van der Waals surface area contributed by atoms with Gasteiger partial charge in [-0.1, -0.05) is 28.4 Å². The standard InChI is InChI=1S/C13H17BrF3NO2S/c1-10-11(13(15,16)17)6-5-7-12(10)21(19,20)18-9-4-2-3-8-14/h5-7,18H,2-4,8-9H2,1H3. The monoisotopic (exact) mass is 387 g/mol. The second-order valence-corrected chi connectivity index (χ2v) is 7.10. The number of nitrogens with one attached hydrogen (secondary N) is 1. The molecule has 0 saturated heterocycles. The zero-order valence-electron chi connectivity index (χ0n) is 11.5. The predicted molar refractivity (Wildman–Crippen MR) is 79.0 cm³/mol. The van der Waals surface area contributed by atoms with E-state index >= 15 is 0 Å². The fourth-order valence-corrected chi connectivity index (χ4v) is 3.63. The van der Waals surface area contributed by atoms with Crippen molar-refractivity contribution in [2.45, 2.75) is 37.3 Å². The number of benzene rings is 1. The van der Waals surface area contributed by atoms with Crippen LogP contribution in [0.2, 0.25) is 0 Å². The molecule has 0 fully saturated rings. The van der Waals surface area contributed by atoms with Crippen molar-refractivity contribution in [1.82, 2.24) is 4.72 Å². The molecule has 0 bridgehead atoms. The fraction of sp³-hybridized carbons (Fsp3) is 0.538. The van der Waals surface area contributed by atoms with Crippen LogP contribution >= 0.6 is 15.9 Å². The molecule has 0 amide bonds. The minimum Gasteiger partial charge on any atom is -0.211 e. The molecule has 0 aliphatic carbocycles. The van der Waals surface area contributed by atoms with Gasteiger partial charge in [-0.05, 0) is 37.5 Å². The van der Waals surface area contributed by atoms with Gasteiger partial charge in [-0.25, -0.2) is 13.1 Å². The Morgan fingerprint density at radius 2 is 1.86 bits per heavy atom. The average molecular weight is 388 g/mol. The Kier molecular flexibility index (Phi) is 6.68. The number of rotatable bonds is 7. The molecule has 1 N–H and O–H groups in total. The van der Waals surface area contributed by atoms with Crippen LogP contribution in [0, 0.1) is 6.92 Å². The molecular weight excluding hydrogens is 371 g/mol. The van der Waals surface area contributed by atoms with Crippen molar-refractivity contribution in [2.24, 2.45) is 0 Å². The van der Waals surface area contributed by atoms with Crippen LogP contribution in [0.4, 0.5) is 13.2 Å². The van der Waals surface area contributed by atoms with Crippen molar-refractivity contribution in [1.29, 1.82) is 0 Å². The third-order valence-electron chi connectivity index (χ3n) is 2.98. The van der Waals surface area contributed by atoms with E-state index in [0.717, 1.165) is 30.3 Å². The highest BCUT2D eigenvalue weighted by atomic mass is 79.9. The maximum absolute atomic E-state index is 12.8. The summed E-state index contributed by atoms with van der Waals surface area (Å²) in [4.78, 5) is -0.321. The summed E-state index contributed by atoms with van der Waals surface area (Å²) >= 11 is 3.27. The summed E-state index contributed by atoms with van der Waals surface area (Å²) in [7, 11) is -3.92. The summed E-state index contributed by atoms with van der Waals surface area (Å²) in [5, 5.41) is 0.840. The van der Waals surface area contributed by atoms with E-state index in [0.29, 0.717) is 6.42 Å². The second-order valence-electron chi connectivity index (χ2n) is 4.57. The Hall–Kier alpha value is -0.600. The largest absolute Gasteiger partial charge is 0.416 e. The zero-order valence-corrected chi connectivity index (χ0v) is 13.9. The van der Waals surface area contributed by atoms with Crippen LogP contribution in [-0.2, 0) is 16.2 Å². The second kappa shape index (κ2) is 7.60. The third-order valence-corrected chi connectivity index (χ3v) is 5.15. The molecule has 120 valence electrons. The van der Waals surface area contributed by atoms with Crippen LogP contribution in [-0.4, -0.2) is 20.3 Å². The highest BCUT2D eigenvalue weighted by Gasteiger charge is 2.34. The molecule has 0 saturated carbocycles. The molecule has 8 heteroatoms. The summed E-state index contributed by atoms with van der Waals surface area (Å²) in [5.74, 6) is 0. The van der Waals surface area contributed by atoms with E-state index in [2.05, 4.69) is 20.7 Å². The van der Waals surface area contributed by atoms with Crippen molar-refractivity contribution < 1.29 is 21.6 Å². The van der Waals surface area contributed by atoms with Crippen LogP contribution in [0.25, 0.3) is 0 Å². The van der Waals surface area contributed by atoms with Crippen LogP contribution in [0.5, 0.6) is 0 Å². The summed E-state index contributed by atoms with van der Waals surface area (Å²) in [6.07, 6.45) is -2.16. The molecule has 1 aromatic rings. The molecule has 0 aromatic heterocycles. The Morgan fingerprint density at radius 3 is 2.43 bits per heavy atom. The molecule has 0 heterocycles. The van der Waals surface area contributed by atoms with Gasteiger partial charge < -0.3 is 0 Å². The molecule has 0 unspecified atom stereocenters. The molecule has 0 aliphatic rings. The van der Waals surface area contributed by atoms with Gasteiger partial charge in [-0.3, -0.25) is 0 Å². The lowest BCUT2D eigenvalue weighted by Crippen LogP contribution is -2.26. The number of hydrogen-bond acceptors (Lipinski definition) is 2. The van der Waals surface area contributed by atoms with Crippen LogP contribution < -0.4 is 4.72 Å². The number of sulfonamides is 1. The number of hydrogen-bond donors (Lipinski definition) is 1. The number of alkyl halides is 4. The first-order chi connectivity index (χ1) is 9.70. The zero-order chi connectivity index (χ0) is 16.1. The van der Waals surface area contributed by atoms with E-state index in [9.17, 15) is 21.6 Å². The van der Waals surface area contributed by atoms with E-state index in [-0.39, 0.29) is 17.0 Å².